The first-order valence-corrected chi connectivity index (χ1v) is 7.24. The third-order valence-electron chi connectivity index (χ3n) is 4.11. The van der Waals surface area contributed by atoms with Gasteiger partial charge in [-0.05, 0) is 30.8 Å². The van der Waals surface area contributed by atoms with E-state index in [1.54, 1.807) is 0 Å². The number of hydrogen-bond donors (Lipinski definition) is 0. The predicted octanol–water partition coefficient (Wildman–Crippen LogP) is 3.31. The highest BCUT2D eigenvalue weighted by atomic mass is 15.2. The molecule has 0 bridgehead atoms. The molecule has 2 nitrogen and oxygen atoms in total. The van der Waals surface area contributed by atoms with Gasteiger partial charge in [0, 0.05) is 25.7 Å². The third kappa shape index (κ3) is 2.77. The van der Waals surface area contributed by atoms with Gasteiger partial charge in [0.15, 0.2) is 0 Å². The van der Waals surface area contributed by atoms with Crippen LogP contribution in [-0.2, 0) is 13.1 Å². The fraction of sp³-hybridized carbons (Fsp3) is 0.333. The van der Waals surface area contributed by atoms with Gasteiger partial charge in [0.25, 0.3) is 0 Å². The molecule has 0 aromatic heterocycles. The summed E-state index contributed by atoms with van der Waals surface area (Å²) < 4.78 is 0. The van der Waals surface area contributed by atoms with Crippen molar-refractivity contribution in [2.24, 2.45) is 0 Å². The Balaban J connectivity index is 1.83. The lowest BCUT2D eigenvalue weighted by molar-refractivity contribution is 0.152. The maximum Gasteiger partial charge on any atom is 0.0472 e. The Morgan fingerprint density at radius 2 is 1.70 bits per heavy atom. The molecule has 0 fully saturated rings. The molecule has 0 spiro atoms. The van der Waals surface area contributed by atoms with Gasteiger partial charge in [-0.2, -0.15) is 0 Å². The standard InChI is InChI=1S/C18H22N2/c1-19(2)18-14-20(12-15-8-4-3-5-9-15)13-16-10-6-7-11-17(16)18/h3-11,18H,12-14H2,1-2H3/t18-/m0/s1. The van der Waals surface area contributed by atoms with Crippen LogP contribution in [0.4, 0.5) is 0 Å². The molecule has 0 unspecified atom stereocenters. The van der Waals surface area contributed by atoms with Gasteiger partial charge >= 0.3 is 0 Å². The van der Waals surface area contributed by atoms with E-state index in [-0.39, 0.29) is 0 Å². The van der Waals surface area contributed by atoms with E-state index in [1.807, 2.05) is 0 Å². The first kappa shape index (κ1) is 13.3. The molecule has 0 saturated heterocycles. The van der Waals surface area contributed by atoms with Crippen molar-refractivity contribution in [2.75, 3.05) is 20.6 Å². The molecule has 2 aromatic rings. The lowest BCUT2D eigenvalue weighted by Gasteiger charge is -2.38. The average Bonchev–Trinajstić information content (AvgIpc) is 2.47. The van der Waals surface area contributed by atoms with E-state index in [0.717, 1.165) is 19.6 Å². The van der Waals surface area contributed by atoms with Gasteiger partial charge < -0.3 is 4.90 Å². The van der Waals surface area contributed by atoms with E-state index in [1.165, 1.54) is 16.7 Å². The van der Waals surface area contributed by atoms with Crippen LogP contribution < -0.4 is 0 Å². The van der Waals surface area contributed by atoms with E-state index in [0.29, 0.717) is 6.04 Å². The Kier molecular flexibility index (Phi) is 3.86. The van der Waals surface area contributed by atoms with Crippen LogP contribution in [0.25, 0.3) is 0 Å². The molecular weight excluding hydrogens is 244 g/mol. The number of benzene rings is 2. The summed E-state index contributed by atoms with van der Waals surface area (Å²) in [5.74, 6) is 0. The summed E-state index contributed by atoms with van der Waals surface area (Å²) in [5, 5.41) is 0. The Hall–Kier alpha value is -1.64. The van der Waals surface area contributed by atoms with Crippen molar-refractivity contribution >= 4 is 0 Å². The Morgan fingerprint density at radius 3 is 2.45 bits per heavy atom. The zero-order valence-corrected chi connectivity index (χ0v) is 12.3. The molecular formula is C18H22N2. The average molecular weight is 266 g/mol. The summed E-state index contributed by atoms with van der Waals surface area (Å²) >= 11 is 0. The quantitative estimate of drug-likeness (QED) is 0.841. The zero-order chi connectivity index (χ0) is 13.9. The van der Waals surface area contributed by atoms with E-state index in [4.69, 9.17) is 0 Å². The number of rotatable bonds is 3. The van der Waals surface area contributed by atoms with Crippen molar-refractivity contribution in [1.29, 1.82) is 0 Å². The summed E-state index contributed by atoms with van der Waals surface area (Å²) in [5.41, 5.74) is 4.35. The van der Waals surface area contributed by atoms with Crippen LogP contribution in [0.3, 0.4) is 0 Å². The Morgan fingerprint density at radius 1 is 1.00 bits per heavy atom. The smallest absolute Gasteiger partial charge is 0.0472 e. The van der Waals surface area contributed by atoms with Crippen molar-refractivity contribution < 1.29 is 0 Å². The second kappa shape index (κ2) is 5.78. The zero-order valence-electron chi connectivity index (χ0n) is 12.3. The minimum Gasteiger partial charge on any atom is -0.301 e. The number of likely N-dealkylation sites (N-methyl/N-ethyl adjacent to an activating group) is 1. The summed E-state index contributed by atoms with van der Waals surface area (Å²) in [6, 6.07) is 20.1. The van der Waals surface area contributed by atoms with Gasteiger partial charge in [0.05, 0.1) is 0 Å². The van der Waals surface area contributed by atoms with Crippen molar-refractivity contribution in [3.8, 4) is 0 Å². The van der Waals surface area contributed by atoms with Crippen LogP contribution in [0.15, 0.2) is 54.6 Å². The topological polar surface area (TPSA) is 6.48 Å². The minimum absolute atomic E-state index is 0.490. The van der Waals surface area contributed by atoms with Gasteiger partial charge in [-0.15, -0.1) is 0 Å². The van der Waals surface area contributed by atoms with E-state index in [9.17, 15) is 0 Å². The van der Waals surface area contributed by atoms with Gasteiger partial charge in [-0.25, -0.2) is 0 Å². The molecule has 104 valence electrons. The molecule has 20 heavy (non-hydrogen) atoms. The number of hydrogen-bond acceptors (Lipinski definition) is 2. The maximum atomic E-state index is 2.54. The highest BCUT2D eigenvalue weighted by molar-refractivity contribution is 5.32. The largest absolute Gasteiger partial charge is 0.301 e. The molecule has 1 atom stereocenters. The maximum absolute atomic E-state index is 2.54. The molecule has 2 heteroatoms. The fourth-order valence-corrected chi connectivity index (χ4v) is 3.06. The third-order valence-corrected chi connectivity index (χ3v) is 4.11. The molecule has 0 saturated carbocycles. The van der Waals surface area contributed by atoms with Gasteiger partial charge in [-0.1, -0.05) is 54.6 Å². The van der Waals surface area contributed by atoms with Gasteiger partial charge in [-0.3, -0.25) is 4.90 Å². The molecule has 1 aliphatic rings. The molecule has 2 aromatic carbocycles. The van der Waals surface area contributed by atoms with Crippen molar-refractivity contribution in [1.82, 2.24) is 9.80 Å². The number of fused-ring (bicyclic) bond motifs is 1. The van der Waals surface area contributed by atoms with E-state index >= 15 is 0 Å². The molecule has 1 aliphatic heterocycles. The first-order valence-electron chi connectivity index (χ1n) is 7.24. The number of nitrogens with zero attached hydrogens (tertiary/aromatic N) is 2. The van der Waals surface area contributed by atoms with Gasteiger partial charge in [0.2, 0.25) is 0 Å². The monoisotopic (exact) mass is 266 g/mol. The summed E-state index contributed by atoms with van der Waals surface area (Å²) in [6.07, 6.45) is 0. The van der Waals surface area contributed by atoms with E-state index in [2.05, 4.69) is 78.5 Å². The van der Waals surface area contributed by atoms with Crippen LogP contribution in [-0.4, -0.2) is 30.4 Å². The fourth-order valence-electron chi connectivity index (χ4n) is 3.06. The molecule has 0 amide bonds. The first-order chi connectivity index (χ1) is 9.74. The highest BCUT2D eigenvalue weighted by Crippen LogP contribution is 2.30. The molecule has 0 aliphatic carbocycles. The van der Waals surface area contributed by atoms with Crippen molar-refractivity contribution in [3.63, 3.8) is 0 Å². The molecule has 3 rings (SSSR count). The lowest BCUT2D eigenvalue weighted by atomic mass is 9.94. The second-order valence-electron chi connectivity index (χ2n) is 5.83. The lowest BCUT2D eigenvalue weighted by Crippen LogP contribution is -2.38. The summed E-state index contributed by atoms with van der Waals surface area (Å²) in [4.78, 5) is 4.87. The van der Waals surface area contributed by atoms with E-state index < -0.39 is 0 Å². The SMILES string of the molecule is CN(C)[C@H]1CN(Cc2ccccc2)Cc2ccccc21. The second-order valence-corrected chi connectivity index (χ2v) is 5.83. The van der Waals surface area contributed by atoms with Crippen LogP contribution in [0.2, 0.25) is 0 Å². The Bertz CT molecular complexity index is 563. The van der Waals surface area contributed by atoms with Gasteiger partial charge in [0.1, 0.15) is 0 Å². The Labute approximate surface area is 121 Å². The molecule has 1 heterocycles. The van der Waals surface area contributed by atoms with Crippen LogP contribution in [0.5, 0.6) is 0 Å². The van der Waals surface area contributed by atoms with Crippen molar-refractivity contribution in [3.05, 3.63) is 71.3 Å². The normalized spacial score (nSPS) is 19.1. The summed E-state index contributed by atoms with van der Waals surface area (Å²) in [6.45, 7) is 3.17. The molecule has 0 radical (unpaired) electrons. The van der Waals surface area contributed by atoms with Crippen LogP contribution in [0, 0.1) is 0 Å². The van der Waals surface area contributed by atoms with Crippen LogP contribution >= 0.6 is 0 Å². The highest BCUT2D eigenvalue weighted by Gasteiger charge is 2.26. The summed E-state index contributed by atoms with van der Waals surface area (Å²) in [7, 11) is 4.35. The minimum atomic E-state index is 0.490. The van der Waals surface area contributed by atoms with Crippen molar-refractivity contribution in [2.45, 2.75) is 19.1 Å². The van der Waals surface area contributed by atoms with Crippen LogP contribution in [0.1, 0.15) is 22.7 Å². The molecule has 0 N–H and O–H groups in total. The predicted molar refractivity (Wildman–Crippen MR) is 83.4 cm³/mol.